The van der Waals surface area contributed by atoms with E-state index in [4.69, 9.17) is 11.6 Å². The van der Waals surface area contributed by atoms with Gasteiger partial charge in [-0.1, -0.05) is 17.7 Å². The molecular weight excluding hydrogens is 257 g/mol. The van der Waals surface area contributed by atoms with Gasteiger partial charge in [0.1, 0.15) is 5.69 Å². The van der Waals surface area contributed by atoms with Gasteiger partial charge in [-0.25, -0.2) is 4.39 Å². The fourth-order valence-corrected chi connectivity index (χ4v) is 1.85. The molecule has 1 aliphatic rings. The predicted octanol–water partition coefficient (Wildman–Crippen LogP) is 1.71. The monoisotopic (exact) mass is 267 g/mol. The molecule has 1 heterocycles. The number of aromatic nitrogens is 4. The average molecular weight is 268 g/mol. The third-order valence-corrected chi connectivity index (χ3v) is 3.11. The van der Waals surface area contributed by atoms with Crippen molar-refractivity contribution in [3.63, 3.8) is 0 Å². The lowest BCUT2D eigenvalue weighted by Gasteiger charge is -2.07. The molecule has 0 saturated heterocycles. The Labute approximate surface area is 108 Å². The summed E-state index contributed by atoms with van der Waals surface area (Å²) in [6.45, 7) is 0.517. The van der Waals surface area contributed by atoms with Gasteiger partial charge in [-0.2, -0.15) is 4.68 Å². The van der Waals surface area contributed by atoms with Crippen LogP contribution in [0.5, 0.6) is 0 Å². The Kier molecular flexibility index (Phi) is 2.97. The molecule has 0 amide bonds. The highest BCUT2D eigenvalue weighted by Crippen LogP contribution is 2.22. The van der Waals surface area contributed by atoms with Crippen LogP contribution in [0.15, 0.2) is 18.2 Å². The van der Waals surface area contributed by atoms with Crippen LogP contribution in [0.2, 0.25) is 5.02 Å². The molecule has 0 aliphatic heterocycles. The van der Waals surface area contributed by atoms with E-state index in [1.54, 1.807) is 12.1 Å². The van der Waals surface area contributed by atoms with E-state index < -0.39 is 5.82 Å². The molecule has 5 nitrogen and oxygen atoms in total. The summed E-state index contributed by atoms with van der Waals surface area (Å²) in [5.74, 6) is 0.0576. The van der Waals surface area contributed by atoms with Gasteiger partial charge in [0.25, 0.3) is 0 Å². The van der Waals surface area contributed by atoms with Crippen LogP contribution in [-0.2, 0) is 6.54 Å². The number of tetrazole rings is 1. The maximum Gasteiger partial charge on any atom is 0.170 e. The fraction of sp³-hybridized carbons (Fsp3) is 0.364. The molecule has 1 N–H and O–H groups in total. The molecule has 1 aromatic heterocycles. The molecule has 0 unspecified atom stereocenters. The minimum absolute atomic E-state index is 0.0594. The molecular formula is C11H11ClFN5. The quantitative estimate of drug-likeness (QED) is 0.916. The Hall–Kier alpha value is -1.53. The SMILES string of the molecule is Fc1c(Cl)cccc1-n1nnnc1CNC1CC1. The second kappa shape index (κ2) is 4.62. The van der Waals surface area contributed by atoms with E-state index >= 15 is 0 Å². The summed E-state index contributed by atoms with van der Waals surface area (Å²) in [6, 6.07) is 5.30. The minimum atomic E-state index is -0.515. The van der Waals surface area contributed by atoms with Crippen LogP contribution in [0.4, 0.5) is 4.39 Å². The smallest absolute Gasteiger partial charge is 0.170 e. The van der Waals surface area contributed by atoms with Crippen LogP contribution < -0.4 is 5.32 Å². The highest BCUT2D eigenvalue weighted by Gasteiger charge is 2.22. The second-order valence-electron chi connectivity index (χ2n) is 4.24. The van der Waals surface area contributed by atoms with E-state index in [0.717, 1.165) is 0 Å². The van der Waals surface area contributed by atoms with E-state index in [9.17, 15) is 4.39 Å². The van der Waals surface area contributed by atoms with Crippen LogP contribution in [0.3, 0.4) is 0 Å². The molecule has 18 heavy (non-hydrogen) atoms. The summed E-state index contributed by atoms with van der Waals surface area (Å²) < 4.78 is 15.3. The number of nitrogens with one attached hydrogen (secondary N) is 1. The highest BCUT2D eigenvalue weighted by molar-refractivity contribution is 6.30. The summed E-state index contributed by atoms with van der Waals surface area (Å²) in [4.78, 5) is 0. The minimum Gasteiger partial charge on any atom is -0.307 e. The number of rotatable bonds is 4. The lowest BCUT2D eigenvalue weighted by atomic mass is 10.3. The van der Waals surface area contributed by atoms with Gasteiger partial charge in [0, 0.05) is 6.04 Å². The van der Waals surface area contributed by atoms with Crippen molar-refractivity contribution in [3.05, 3.63) is 34.9 Å². The number of nitrogens with zero attached hydrogens (tertiary/aromatic N) is 4. The summed E-state index contributed by atoms with van der Waals surface area (Å²) in [5, 5.41) is 14.6. The topological polar surface area (TPSA) is 55.6 Å². The molecule has 1 aromatic carbocycles. The van der Waals surface area contributed by atoms with Gasteiger partial charge < -0.3 is 5.32 Å². The van der Waals surface area contributed by atoms with Crippen molar-refractivity contribution in [2.75, 3.05) is 0 Å². The third kappa shape index (κ3) is 2.21. The van der Waals surface area contributed by atoms with Gasteiger partial charge in [-0.15, -0.1) is 5.10 Å². The number of benzene rings is 1. The Bertz CT molecular complexity index is 566. The number of halogens is 2. The Morgan fingerprint density at radius 3 is 3.06 bits per heavy atom. The largest absolute Gasteiger partial charge is 0.307 e. The number of hydrogen-bond acceptors (Lipinski definition) is 4. The molecule has 0 radical (unpaired) electrons. The maximum absolute atomic E-state index is 13.9. The lowest BCUT2D eigenvalue weighted by Crippen LogP contribution is -2.19. The molecule has 94 valence electrons. The van der Waals surface area contributed by atoms with Crippen molar-refractivity contribution < 1.29 is 4.39 Å². The van der Waals surface area contributed by atoms with E-state index in [0.29, 0.717) is 18.4 Å². The second-order valence-corrected chi connectivity index (χ2v) is 4.64. The number of hydrogen-bond donors (Lipinski definition) is 1. The molecule has 0 spiro atoms. The zero-order valence-electron chi connectivity index (χ0n) is 9.48. The van der Waals surface area contributed by atoms with Crippen molar-refractivity contribution in [2.45, 2.75) is 25.4 Å². The summed E-state index contributed by atoms with van der Waals surface area (Å²) in [6.07, 6.45) is 2.35. The van der Waals surface area contributed by atoms with Crippen molar-refractivity contribution in [2.24, 2.45) is 0 Å². The van der Waals surface area contributed by atoms with Crippen LogP contribution in [0, 0.1) is 5.82 Å². The molecule has 0 atom stereocenters. The van der Waals surface area contributed by atoms with Gasteiger partial charge in [-0.05, 0) is 35.4 Å². The molecule has 7 heteroatoms. The summed E-state index contributed by atoms with van der Waals surface area (Å²) >= 11 is 5.75. The first-order valence-electron chi connectivity index (χ1n) is 5.71. The standard InChI is InChI=1S/C11H11ClFN5/c12-8-2-1-3-9(11(8)13)18-10(15-16-17-18)6-14-7-4-5-7/h1-3,7,14H,4-6H2. The van der Waals surface area contributed by atoms with Gasteiger partial charge >= 0.3 is 0 Å². The van der Waals surface area contributed by atoms with Crippen LogP contribution in [-0.4, -0.2) is 26.2 Å². The summed E-state index contributed by atoms with van der Waals surface area (Å²) in [7, 11) is 0. The molecule has 1 saturated carbocycles. The molecule has 1 fully saturated rings. The fourth-order valence-electron chi connectivity index (χ4n) is 1.68. The van der Waals surface area contributed by atoms with Crippen molar-refractivity contribution in [3.8, 4) is 5.69 Å². The Morgan fingerprint density at radius 2 is 2.28 bits per heavy atom. The maximum atomic E-state index is 13.9. The van der Waals surface area contributed by atoms with E-state index in [-0.39, 0.29) is 10.7 Å². The van der Waals surface area contributed by atoms with Crippen LogP contribution in [0.25, 0.3) is 5.69 Å². The van der Waals surface area contributed by atoms with Crippen LogP contribution >= 0.6 is 11.6 Å². The van der Waals surface area contributed by atoms with E-state index in [1.165, 1.54) is 23.6 Å². The molecule has 3 rings (SSSR count). The van der Waals surface area contributed by atoms with E-state index in [1.807, 2.05) is 0 Å². The Morgan fingerprint density at radius 1 is 1.44 bits per heavy atom. The van der Waals surface area contributed by atoms with E-state index in [2.05, 4.69) is 20.8 Å². The van der Waals surface area contributed by atoms with Gasteiger partial charge in [-0.3, -0.25) is 0 Å². The Balaban J connectivity index is 1.90. The first-order valence-corrected chi connectivity index (χ1v) is 6.08. The lowest BCUT2D eigenvalue weighted by molar-refractivity contribution is 0.591. The first kappa shape index (κ1) is 11.6. The molecule has 2 aromatic rings. The highest BCUT2D eigenvalue weighted by atomic mass is 35.5. The van der Waals surface area contributed by atoms with Crippen molar-refractivity contribution >= 4 is 11.6 Å². The zero-order chi connectivity index (χ0) is 12.5. The van der Waals surface area contributed by atoms with Gasteiger partial charge in [0.15, 0.2) is 11.6 Å². The molecule has 1 aliphatic carbocycles. The normalized spacial score (nSPS) is 15.0. The van der Waals surface area contributed by atoms with Crippen molar-refractivity contribution in [1.82, 2.24) is 25.5 Å². The molecule has 0 bridgehead atoms. The first-order chi connectivity index (χ1) is 8.75. The predicted molar refractivity (Wildman–Crippen MR) is 64.0 cm³/mol. The average Bonchev–Trinajstić information content (AvgIpc) is 3.08. The van der Waals surface area contributed by atoms with Gasteiger partial charge in [0.05, 0.1) is 11.6 Å². The van der Waals surface area contributed by atoms with Crippen molar-refractivity contribution in [1.29, 1.82) is 0 Å². The third-order valence-electron chi connectivity index (χ3n) is 2.82. The summed E-state index contributed by atoms with van der Waals surface area (Å²) in [5.41, 5.74) is 0.264. The van der Waals surface area contributed by atoms with Crippen LogP contribution in [0.1, 0.15) is 18.7 Å². The zero-order valence-corrected chi connectivity index (χ0v) is 10.2. The van der Waals surface area contributed by atoms with Gasteiger partial charge in [0.2, 0.25) is 0 Å².